The number of amides is 1. The van der Waals surface area contributed by atoms with Crippen LogP contribution in [0.1, 0.15) is 38.5 Å². The normalized spacial score (nSPS) is 28.2. The van der Waals surface area contributed by atoms with Crippen molar-refractivity contribution in [2.75, 3.05) is 19.6 Å². The van der Waals surface area contributed by atoms with Crippen LogP contribution >= 0.6 is 0 Å². The van der Waals surface area contributed by atoms with Gasteiger partial charge in [0.2, 0.25) is 15.9 Å². The fourth-order valence-corrected chi connectivity index (χ4v) is 6.22. The molecule has 136 valence electrons. The van der Waals surface area contributed by atoms with Crippen molar-refractivity contribution in [3.8, 4) is 0 Å². The van der Waals surface area contributed by atoms with Crippen LogP contribution in [0.5, 0.6) is 0 Å². The molecule has 2 saturated heterocycles. The predicted octanol–water partition coefficient (Wildman–Crippen LogP) is 2.49. The molecule has 2 unspecified atom stereocenters. The summed E-state index contributed by atoms with van der Waals surface area (Å²) < 4.78 is 26.9. The molecule has 0 spiro atoms. The van der Waals surface area contributed by atoms with E-state index in [0.29, 0.717) is 42.8 Å². The molecule has 1 aromatic carbocycles. The number of benzene rings is 1. The topological polar surface area (TPSA) is 57.7 Å². The van der Waals surface area contributed by atoms with Gasteiger partial charge in [-0.1, -0.05) is 24.6 Å². The van der Waals surface area contributed by atoms with Gasteiger partial charge < -0.3 is 4.90 Å². The van der Waals surface area contributed by atoms with Crippen molar-refractivity contribution in [3.63, 3.8) is 0 Å². The maximum Gasteiger partial charge on any atom is 0.243 e. The van der Waals surface area contributed by atoms with Crippen molar-refractivity contribution in [1.82, 2.24) is 9.21 Å². The van der Waals surface area contributed by atoms with E-state index in [4.69, 9.17) is 0 Å². The Morgan fingerprint density at radius 1 is 1.00 bits per heavy atom. The van der Waals surface area contributed by atoms with E-state index < -0.39 is 10.0 Å². The van der Waals surface area contributed by atoms with Crippen LogP contribution in [0.2, 0.25) is 0 Å². The average Bonchev–Trinajstić information content (AvgIpc) is 2.95. The number of fused-ring (bicyclic) bond motifs is 2. The van der Waals surface area contributed by atoms with Crippen LogP contribution in [0.25, 0.3) is 0 Å². The number of sulfonamides is 1. The third-order valence-corrected chi connectivity index (χ3v) is 8.03. The Morgan fingerprint density at radius 3 is 2.40 bits per heavy atom. The summed E-state index contributed by atoms with van der Waals surface area (Å²) >= 11 is 0. The Hall–Kier alpha value is -1.40. The highest BCUT2D eigenvalue weighted by Gasteiger charge is 2.41. The lowest BCUT2D eigenvalue weighted by atomic mass is 9.90. The Bertz CT molecular complexity index is 726. The molecule has 6 heteroatoms. The van der Waals surface area contributed by atoms with Crippen LogP contribution in [0.3, 0.4) is 0 Å². The quantitative estimate of drug-likeness (QED) is 0.830. The molecule has 1 aliphatic carbocycles. The van der Waals surface area contributed by atoms with Gasteiger partial charge in [-0.2, -0.15) is 4.31 Å². The molecule has 1 saturated carbocycles. The van der Waals surface area contributed by atoms with Crippen LogP contribution in [0.4, 0.5) is 0 Å². The Morgan fingerprint density at radius 2 is 1.72 bits per heavy atom. The number of nitrogens with zero attached hydrogens (tertiary/aromatic N) is 2. The van der Waals surface area contributed by atoms with E-state index in [1.807, 2.05) is 6.07 Å². The lowest BCUT2D eigenvalue weighted by Gasteiger charge is -2.34. The van der Waals surface area contributed by atoms with Gasteiger partial charge in [-0.15, -0.1) is 0 Å². The van der Waals surface area contributed by atoms with Gasteiger partial charge in [0.1, 0.15) is 0 Å². The molecule has 0 aromatic heterocycles. The highest BCUT2D eigenvalue weighted by atomic mass is 32.2. The van der Waals surface area contributed by atoms with Crippen molar-refractivity contribution in [2.24, 2.45) is 11.8 Å². The average molecular weight is 362 g/mol. The number of hydrogen-bond donors (Lipinski definition) is 0. The number of hydrogen-bond acceptors (Lipinski definition) is 3. The van der Waals surface area contributed by atoms with E-state index in [1.165, 1.54) is 23.6 Å². The van der Waals surface area contributed by atoms with Gasteiger partial charge in [0.15, 0.2) is 0 Å². The van der Waals surface area contributed by atoms with E-state index in [-0.39, 0.29) is 11.8 Å². The van der Waals surface area contributed by atoms with Crippen molar-refractivity contribution in [2.45, 2.75) is 49.5 Å². The molecule has 1 aromatic rings. The van der Waals surface area contributed by atoms with Crippen LogP contribution in [0, 0.1) is 11.8 Å². The van der Waals surface area contributed by atoms with Gasteiger partial charge in [-0.3, -0.25) is 4.79 Å². The van der Waals surface area contributed by atoms with Crippen molar-refractivity contribution < 1.29 is 13.2 Å². The first kappa shape index (κ1) is 17.0. The fourth-order valence-electron chi connectivity index (χ4n) is 4.73. The lowest BCUT2D eigenvalue weighted by Crippen LogP contribution is -2.45. The molecule has 2 heterocycles. The summed E-state index contributed by atoms with van der Waals surface area (Å²) in [6, 6.07) is 9.02. The second-order valence-corrected chi connectivity index (χ2v) is 9.61. The minimum Gasteiger partial charge on any atom is -0.339 e. The molecule has 3 aliphatic rings. The van der Waals surface area contributed by atoms with E-state index in [2.05, 4.69) is 4.90 Å². The van der Waals surface area contributed by atoms with Crippen molar-refractivity contribution in [3.05, 3.63) is 30.3 Å². The summed E-state index contributed by atoms with van der Waals surface area (Å²) in [6.07, 6.45) is 6.09. The van der Waals surface area contributed by atoms with Crippen molar-refractivity contribution in [1.29, 1.82) is 0 Å². The Kier molecular flexibility index (Phi) is 4.58. The minimum absolute atomic E-state index is 0.0124. The number of piperidine rings is 1. The molecular formula is C19H26N2O3S. The van der Waals surface area contributed by atoms with Crippen LogP contribution < -0.4 is 0 Å². The van der Waals surface area contributed by atoms with Gasteiger partial charge in [0, 0.05) is 31.6 Å². The standard InChI is InChI=1S/C19H26N2O3S/c22-19(21-14-15-5-4-6-17(21)13-15)16-9-11-20(12-10-16)25(23,24)18-7-2-1-3-8-18/h1-3,7-8,15-17H,4-6,9-14H2. The van der Waals surface area contributed by atoms with Gasteiger partial charge in [0.25, 0.3) is 0 Å². The van der Waals surface area contributed by atoms with E-state index in [0.717, 1.165) is 13.0 Å². The molecule has 2 atom stereocenters. The first-order valence-electron chi connectivity index (χ1n) is 9.41. The minimum atomic E-state index is -3.44. The molecule has 5 nitrogen and oxygen atoms in total. The largest absolute Gasteiger partial charge is 0.339 e. The first-order chi connectivity index (χ1) is 12.1. The van der Waals surface area contributed by atoms with E-state index in [1.54, 1.807) is 24.3 Å². The third kappa shape index (κ3) is 3.22. The van der Waals surface area contributed by atoms with Crippen LogP contribution in [-0.4, -0.2) is 49.2 Å². The van der Waals surface area contributed by atoms with Gasteiger partial charge >= 0.3 is 0 Å². The summed E-state index contributed by atoms with van der Waals surface area (Å²) in [6.45, 7) is 1.80. The molecule has 3 fully saturated rings. The molecule has 4 rings (SSSR count). The third-order valence-electron chi connectivity index (χ3n) is 6.12. The molecule has 1 amide bonds. The lowest BCUT2D eigenvalue weighted by molar-refractivity contribution is -0.137. The second kappa shape index (κ2) is 6.72. The number of rotatable bonds is 3. The van der Waals surface area contributed by atoms with E-state index >= 15 is 0 Å². The highest BCUT2D eigenvalue weighted by molar-refractivity contribution is 7.89. The fraction of sp³-hybridized carbons (Fsp3) is 0.632. The monoisotopic (exact) mass is 362 g/mol. The zero-order chi connectivity index (χ0) is 17.4. The molecule has 0 radical (unpaired) electrons. The molecule has 2 aliphatic heterocycles. The summed E-state index contributed by atoms with van der Waals surface area (Å²) in [5.41, 5.74) is 0. The first-order valence-corrected chi connectivity index (χ1v) is 10.9. The summed E-state index contributed by atoms with van der Waals surface area (Å²) in [5.74, 6) is 0.953. The summed E-state index contributed by atoms with van der Waals surface area (Å²) in [4.78, 5) is 15.4. The molecule has 2 bridgehead atoms. The summed E-state index contributed by atoms with van der Waals surface area (Å²) in [7, 11) is -3.44. The van der Waals surface area contributed by atoms with E-state index in [9.17, 15) is 13.2 Å². The number of carbonyl (C=O) groups excluding carboxylic acids is 1. The molecular weight excluding hydrogens is 336 g/mol. The summed E-state index contributed by atoms with van der Waals surface area (Å²) in [5, 5.41) is 0. The zero-order valence-corrected chi connectivity index (χ0v) is 15.3. The highest BCUT2D eigenvalue weighted by Crippen LogP contribution is 2.37. The van der Waals surface area contributed by atoms with Crippen LogP contribution in [-0.2, 0) is 14.8 Å². The van der Waals surface area contributed by atoms with Gasteiger partial charge in [-0.25, -0.2) is 8.42 Å². The zero-order valence-electron chi connectivity index (χ0n) is 14.5. The Balaban J connectivity index is 1.39. The molecule has 25 heavy (non-hydrogen) atoms. The van der Waals surface area contributed by atoms with Gasteiger partial charge in [0.05, 0.1) is 4.90 Å². The number of carbonyl (C=O) groups is 1. The van der Waals surface area contributed by atoms with Crippen LogP contribution in [0.15, 0.2) is 35.2 Å². The smallest absolute Gasteiger partial charge is 0.243 e. The second-order valence-electron chi connectivity index (χ2n) is 7.67. The van der Waals surface area contributed by atoms with Crippen molar-refractivity contribution >= 4 is 15.9 Å². The van der Waals surface area contributed by atoms with Gasteiger partial charge in [-0.05, 0) is 50.2 Å². The predicted molar refractivity (Wildman–Crippen MR) is 95.4 cm³/mol. The Labute approximate surface area is 150 Å². The molecule has 0 N–H and O–H groups in total. The maximum absolute atomic E-state index is 12.9. The SMILES string of the molecule is O=C(C1CCN(S(=O)(=O)c2ccccc2)CC1)N1CC2CCCC1C2. The maximum atomic E-state index is 12.9. The number of likely N-dealkylation sites (tertiary alicyclic amines) is 1.